The lowest BCUT2D eigenvalue weighted by Gasteiger charge is -2.31. The van der Waals surface area contributed by atoms with Crippen LogP contribution in [0.3, 0.4) is 0 Å². The van der Waals surface area contributed by atoms with E-state index >= 15 is 0 Å². The lowest BCUT2D eigenvalue weighted by Crippen LogP contribution is -2.52. The number of anilines is 1. The predicted molar refractivity (Wildman–Crippen MR) is 122 cm³/mol. The number of Topliss-reactive ketones (excluding diaryl/α,β-unsaturated/α-hetero) is 1. The monoisotopic (exact) mass is 494 g/mol. The molecular formula is C25H20BrFN2O3. The van der Waals surface area contributed by atoms with Crippen molar-refractivity contribution in [3.8, 4) is 0 Å². The zero-order chi connectivity index (χ0) is 22.5. The van der Waals surface area contributed by atoms with E-state index in [9.17, 15) is 19.1 Å². The maximum atomic E-state index is 14.0. The van der Waals surface area contributed by atoms with Gasteiger partial charge in [0.2, 0.25) is 5.91 Å². The van der Waals surface area contributed by atoms with Crippen LogP contribution in [0.5, 0.6) is 0 Å². The highest BCUT2D eigenvalue weighted by atomic mass is 79.9. The number of ketones is 1. The van der Waals surface area contributed by atoms with Crippen molar-refractivity contribution in [2.45, 2.75) is 17.5 Å². The fraction of sp³-hybridized carbons (Fsp3) is 0.200. The van der Waals surface area contributed by atoms with Crippen LogP contribution in [0, 0.1) is 11.7 Å². The van der Waals surface area contributed by atoms with E-state index in [1.165, 1.54) is 24.3 Å². The van der Waals surface area contributed by atoms with Crippen LogP contribution in [0.2, 0.25) is 0 Å². The van der Waals surface area contributed by atoms with Crippen molar-refractivity contribution < 1.29 is 19.1 Å². The van der Waals surface area contributed by atoms with Crippen LogP contribution >= 0.6 is 15.9 Å². The molecule has 2 heterocycles. The van der Waals surface area contributed by atoms with E-state index in [4.69, 9.17) is 0 Å². The Morgan fingerprint density at radius 2 is 1.72 bits per heavy atom. The summed E-state index contributed by atoms with van der Waals surface area (Å²) in [6.45, 7) is -0.259. The van der Waals surface area contributed by atoms with Crippen LogP contribution in [-0.4, -0.2) is 29.4 Å². The van der Waals surface area contributed by atoms with Gasteiger partial charge in [0.15, 0.2) is 5.78 Å². The Labute approximate surface area is 192 Å². The lowest BCUT2D eigenvalue weighted by atomic mass is 9.69. The Kier molecular flexibility index (Phi) is 5.20. The number of halogens is 2. The maximum absolute atomic E-state index is 14.0. The second-order valence-corrected chi connectivity index (χ2v) is 9.08. The number of para-hydroxylation sites is 1. The number of aliphatic hydroxyl groups is 1. The summed E-state index contributed by atoms with van der Waals surface area (Å²) in [5.41, 5.74) is 1.09. The topological polar surface area (TPSA) is 78.4 Å². The number of aliphatic hydroxyl groups excluding tert-OH is 1. The van der Waals surface area contributed by atoms with Crippen LogP contribution < -0.4 is 10.6 Å². The minimum Gasteiger partial charge on any atom is -0.395 e. The van der Waals surface area contributed by atoms with Gasteiger partial charge < -0.3 is 10.4 Å². The number of rotatable bonds is 4. The molecule has 5 nitrogen and oxygen atoms in total. The van der Waals surface area contributed by atoms with Crippen molar-refractivity contribution in [3.05, 3.63) is 99.8 Å². The smallest absolute Gasteiger partial charge is 0.250 e. The van der Waals surface area contributed by atoms with Gasteiger partial charge in [0.1, 0.15) is 11.4 Å². The van der Waals surface area contributed by atoms with Gasteiger partial charge in [-0.15, -0.1) is 0 Å². The van der Waals surface area contributed by atoms with Crippen LogP contribution in [0.1, 0.15) is 27.4 Å². The third-order valence-corrected chi connectivity index (χ3v) is 7.02. The van der Waals surface area contributed by atoms with Crippen LogP contribution in [0.25, 0.3) is 0 Å². The zero-order valence-corrected chi connectivity index (χ0v) is 18.5. The summed E-state index contributed by atoms with van der Waals surface area (Å²) in [5.74, 6) is -2.40. The zero-order valence-electron chi connectivity index (χ0n) is 16.9. The van der Waals surface area contributed by atoms with Crippen molar-refractivity contribution in [3.63, 3.8) is 0 Å². The number of amides is 1. The van der Waals surface area contributed by atoms with Gasteiger partial charge in [-0.3, -0.25) is 14.9 Å². The molecule has 2 aliphatic heterocycles. The normalized spacial score (nSPS) is 26.2. The average Bonchev–Trinajstić information content (AvgIpc) is 3.30. The quantitative estimate of drug-likeness (QED) is 0.479. The second kappa shape index (κ2) is 7.92. The lowest BCUT2D eigenvalue weighted by molar-refractivity contribution is -0.122. The standard InChI is InChI=1S/C25H20BrFN2O3/c26-16-9-5-14(6-10-16)21-20(13-30)29-25(18-3-1-2-4-19(18)28-24(25)32)22(21)23(31)15-7-11-17(27)12-8-15/h1-12,20-22,29-30H,13H2,(H,28,32). The molecule has 0 aliphatic carbocycles. The predicted octanol–water partition coefficient (Wildman–Crippen LogP) is 3.98. The molecule has 0 saturated carbocycles. The highest BCUT2D eigenvalue weighted by molar-refractivity contribution is 9.10. The van der Waals surface area contributed by atoms with Crippen LogP contribution in [0.4, 0.5) is 10.1 Å². The summed E-state index contributed by atoms with van der Waals surface area (Å²) in [4.78, 5) is 27.4. The van der Waals surface area contributed by atoms with Crippen LogP contribution in [-0.2, 0) is 10.3 Å². The second-order valence-electron chi connectivity index (χ2n) is 8.17. The van der Waals surface area contributed by atoms with Gasteiger partial charge in [-0.1, -0.05) is 46.3 Å². The van der Waals surface area contributed by atoms with E-state index in [1.54, 1.807) is 6.07 Å². The number of nitrogens with one attached hydrogen (secondary N) is 2. The molecule has 32 heavy (non-hydrogen) atoms. The van der Waals surface area contributed by atoms with Gasteiger partial charge in [0.05, 0.1) is 12.5 Å². The largest absolute Gasteiger partial charge is 0.395 e. The number of hydrogen-bond acceptors (Lipinski definition) is 4. The van der Waals surface area contributed by atoms with Gasteiger partial charge in [0.25, 0.3) is 0 Å². The molecule has 0 radical (unpaired) electrons. The molecule has 3 aromatic rings. The molecule has 162 valence electrons. The molecule has 1 spiro atoms. The number of carbonyl (C=O) groups is 2. The first-order chi connectivity index (χ1) is 15.5. The summed E-state index contributed by atoms with van der Waals surface area (Å²) in [6.07, 6.45) is 0. The van der Waals surface area contributed by atoms with Gasteiger partial charge in [-0.05, 0) is 48.0 Å². The Hall–Kier alpha value is -2.87. The van der Waals surface area contributed by atoms with E-state index < -0.39 is 29.2 Å². The van der Waals surface area contributed by atoms with Gasteiger partial charge in [0, 0.05) is 33.2 Å². The molecule has 3 aromatic carbocycles. The van der Waals surface area contributed by atoms with Crippen LogP contribution in [0.15, 0.2) is 77.3 Å². The van der Waals surface area contributed by atoms with Gasteiger partial charge in [-0.25, -0.2) is 4.39 Å². The Morgan fingerprint density at radius 3 is 2.41 bits per heavy atom. The summed E-state index contributed by atoms with van der Waals surface area (Å²) in [6, 6.07) is 19.6. The minimum atomic E-state index is -1.35. The summed E-state index contributed by atoms with van der Waals surface area (Å²) in [7, 11) is 0. The van der Waals surface area contributed by atoms with Gasteiger partial charge >= 0.3 is 0 Å². The molecule has 1 saturated heterocycles. The summed E-state index contributed by atoms with van der Waals surface area (Å²) in [5, 5.41) is 16.5. The number of hydrogen-bond donors (Lipinski definition) is 3. The average molecular weight is 495 g/mol. The summed E-state index contributed by atoms with van der Waals surface area (Å²) < 4.78 is 14.4. The Balaban J connectivity index is 1.73. The maximum Gasteiger partial charge on any atom is 0.250 e. The molecule has 4 atom stereocenters. The van der Waals surface area contributed by atoms with E-state index in [0.717, 1.165) is 10.0 Å². The molecule has 5 rings (SSSR count). The number of fused-ring (bicyclic) bond motifs is 2. The van der Waals surface area contributed by atoms with Crippen molar-refractivity contribution in [1.82, 2.24) is 5.32 Å². The fourth-order valence-corrected chi connectivity index (χ4v) is 5.39. The SMILES string of the molecule is O=C(c1ccc(F)cc1)C1C(c2ccc(Br)cc2)C(CO)NC12C(=O)Nc1ccccc12. The minimum absolute atomic E-state index is 0.259. The third kappa shape index (κ3) is 3.11. The van der Waals surface area contributed by atoms with E-state index in [2.05, 4.69) is 26.6 Å². The number of benzene rings is 3. The third-order valence-electron chi connectivity index (χ3n) is 6.49. The highest BCUT2D eigenvalue weighted by Crippen LogP contribution is 2.53. The van der Waals surface area contributed by atoms with Crippen molar-refractivity contribution in [1.29, 1.82) is 0 Å². The molecule has 1 amide bonds. The van der Waals surface area contributed by atoms with Crippen molar-refractivity contribution >= 4 is 33.3 Å². The first-order valence-corrected chi connectivity index (χ1v) is 11.1. The molecule has 3 N–H and O–H groups in total. The Bertz CT molecular complexity index is 1200. The molecule has 4 unspecified atom stereocenters. The molecule has 2 aliphatic rings. The summed E-state index contributed by atoms with van der Waals surface area (Å²) >= 11 is 3.43. The Morgan fingerprint density at radius 1 is 1.03 bits per heavy atom. The molecule has 1 fully saturated rings. The fourth-order valence-electron chi connectivity index (χ4n) is 5.13. The van der Waals surface area contributed by atoms with E-state index in [-0.39, 0.29) is 18.3 Å². The molecule has 0 aromatic heterocycles. The molecular weight excluding hydrogens is 475 g/mol. The first-order valence-electron chi connectivity index (χ1n) is 10.3. The molecule has 7 heteroatoms. The van der Waals surface area contributed by atoms with E-state index in [0.29, 0.717) is 16.8 Å². The van der Waals surface area contributed by atoms with E-state index in [1.807, 2.05) is 42.5 Å². The highest BCUT2D eigenvalue weighted by Gasteiger charge is 2.64. The van der Waals surface area contributed by atoms with Crippen molar-refractivity contribution in [2.24, 2.45) is 5.92 Å². The number of carbonyl (C=O) groups excluding carboxylic acids is 2. The molecule has 0 bridgehead atoms. The van der Waals surface area contributed by atoms with Crippen molar-refractivity contribution in [2.75, 3.05) is 11.9 Å². The van der Waals surface area contributed by atoms with Gasteiger partial charge in [-0.2, -0.15) is 0 Å². The first kappa shape index (κ1) is 21.0.